The molecule has 0 amide bonds. The number of benzene rings is 3. The maximum absolute atomic E-state index is 12.6. The Hall–Kier alpha value is -3.39. The van der Waals surface area contributed by atoms with Gasteiger partial charge in [-0.2, -0.15) is 0 Å². The number of carboxylic acid groups (broad SMARTS) is 2. The molecule has 0 saturated heterocycles. The molecule has 3 N–H and O–H groups in total. The van der Waals surface area contributed by atoms with Crippen LogP contribution in [0.4, 0.5) is 5.69 Å². The van der Waals surface area contributed by atoms with Gasteiger partial charge < -0.3 is 10.2 Å². The molecule has 3 aromatic rings. The van der Waals surface area contributed by atoms with E-state index in [0.717, 1.165) is 29.0 Å². The van der Waals surface area contributed by atoms with Crippen molar-refractivity contribution >= 4 is 38.4 Å². The molecule has 3 rings (SSSR count). The summed E-state index contributed by atoms with van der Waals surface area (Å²) in [6, 6.07) is 14.9. The van der Waals surface area contributed by atoms with Crippen LogP contribution in [-0.2, 0) is 10.0 Å². The molecule has 0 fully saturated rings. The number of nitrogens with one attached hydrogen (secondary N) is 1. The second-order valence-electron chi connectivity index (χ2n) is 5.52. The summed E-state index contributed by atoms with van der Waals surface area (Å²) in [6.07, 6.45) is 0. The molecule has 0 bridgehead atoms. The molecule has 0 spiro atoms. The molecule has 0 aliphatic carbocycles. The van der Waals surface area contributed by atoms with Gasteiger partial charge in [0.2, 0.25) is 0 Å². The minimum Gasteiger partial charge on any atom is -0.478 e. The van der Waals surface area contributed by atoms with Crippen LogP contribution in [0, 0.1) is 0 Å². The standard InChI is InChI=1S/C18H13NO6S/c20-17(21)13-7-14(18(22)23)9-15(8-13)19-26(24,25)16-6-5-11-3-1-2-4-12(11)10-16/h1-10,19H,(H,20,21)(H,22,23). The fourth-order valence-electron chi connectivity index (χ4n) is 2.48. The van der Waals surface area contributed by atoms with E-state index in [1.54, 1.807) is 18.2 Å². The van der Waals surface area contributed by atoms with Crippen molar-refractivity contribution in [3.63, 3.8) is 0 Å². The molecule has 0 heterocycles. The topological polar surface area (TPSA) is 121 Å². The number of sulfonamides is 1. The monoisotopic (exact) mass is 371 g/mol. The number of hydrogen-bond acceptors (Lipinski definition) is 4. The fourth-order valence-corrected chi connectivity index (χ4v) is 3.56. The zero-order valence-electron chi connectivity index (χ0n) is 13.2. The summed E-state index contributed by atoms with van der Waals surface area (Å²) in [5.74, 6) is -2.72. The lowest BCUT2D eigenvalue weighted by Crippen LogP contribution is -2.14. The lowest BCUT2D eigenvalue weighted by Gasteiger charge is -2.10. The van der Waals surface area contributed by atoms with Crippen molar-refractivity contribution in [3.05, 3.63) is 71.8 Å². The van der Waals surface area contributed by atoms with Crippen LogP contribution >= 0.6 is 0 Å². The van der Waals surface area contributed by atoms with Gasteiger partial charge in [-0.15, -0.1) is 0 Å². The van der Waals surface area contributed by atoms with E-state index in [9.17, 15) is 18.0 Å². The zero-order chi connectivity index (χ0) is 18.9. The van der Waals surface area contributed by atoms with E-state index in [1.165, 1.54) is 12.1 Å². The van der Waals surface area contributed by atoms with Crippen LogP contribution in [0.2, 0.25) is 0 Å². The van der Waals surface area contributed by atoms with Crippen molar-refractivity contribution < 1.29 is 28.2 Å². The van der Waals surface area contributed by atoms with Gasteiger partial charge in [-0.1, -0.05) is 30.3 Å². The van der Waals surface area contributed by atoms with E-state index in [-0.39, 0.29) is 21.7 Å². The highest BCUT2D eigenvalue weighted by Crippen LogP contribution is 2.23. The Kier molecular flexibility index (Phi) is 4.35. The van der Waals surface area contributed by atoms with Crippen LogP contribution < -0.4 is 4.72 Å². The number of rotatable bonds is 5. The second kappa shape index (κ2) is 6.49. The molecular weight excluding hydrogens is 358 g/mol. The van der Waals surface area contributed by atoms with Crippen molar-refractivity contribution in [3.8, 4) is 0 Å². The molecule has 8 heteroatoms. The average molecular weight is 371 g/mol. The number of anilines is 1. The van der Waals surface area contributed by atoms with E-state index < -0.39 is 22.0 Å². The van der Waals surface area contributed by atoms with Gasteiger partial charge in [-0.25, -0.2) is 18.0 Å². The van der Waals surface area contributed by atoms with E-state index in [1.807, 2.05) is 12.1 Å². The Morgan fingerprint density at radius 1 is 0.769 bits per heavy atom. The predicted molar refractivity (Wildman–Crippen MR) is 95.1 cm³/mol. The third-order valence-corrected chi connectivity index (χ3v) is 5.09. The van der Waals surface area contributed by atoms with Crippen LogP contribution in [-0.4, -0.2) is 30.6 Å². The maximum atomic E-state index is 12.6. The second-order valence-corrected chi connectivity index (χ2v) is 7.21. The molecule has 0 aliphatic rings. The first-order chi connectivity index (χ1) is 12.3. The van der Waals surface area contributed by atoms with Gasteiger partial charge in [0.25, 0.3) is 10.0 Å². The van der Waals surface area contributed by atoms with Crippen LogP contribution in [0.25, 0.3) is 10.8 Å². The van der Waals surface area contributed by atoms with Gasteiger partial charge in [0.05, 0.1) is 21.7 Å². The first-order valence-corrected chi connectivity index (χ1v) is 8.88. The predicted octanol–water partition coefficient (Wildman–Crippen LogP) is 3.04. The van der Waals surface area contributed by atoms with Crippen molar-refractivity contribution in [1.82, 2.24) is 0 Å². The van der Waals surface area contributed by atoms with Crippen molar-refractivity contribution in [2.24, 2.45) is 0 Å². The number of carbonyl (C=O) groups is 2. The van der Waals surface area contributed by atoms with Crippen molar-refractivity contribution in [2.75, 3.05) is 4.72 Å². The minimum absolute atomic E-state index is 0.0196. The fraction of sp³-hybridized carbons (Fsp3) is 0. The number of hydrogen-bond donors (Lipinski definition) is 3. The molecule has 26 heavy (non-hydrogen) atoms. The third-order valence-electron chi connectivity index (χ3n) is 3.71. The molecule has 0 radical (unpaired) electrons. The van der Waals surface area contributed by atoms with Crippen LogP contribution in [0.3, 0.4) is 0 Å². The lowest BCUT2D eigenvalue weighted by molar-refractivity contribution is 0.0696. The van der Waals surface area contributed by atoms with Gasteiger partial charge in [-0.3, -0.25) is 4.72 Å². The van der Waals surface area contributed by atoms with E-state index >= 15 is 0 Å². The zero-order valence-corrected chi connectivity index (χ0v) is 14.0. The van der Waals surface area contributed by atoms with Gasteiger partial charge in [0, 0.05) is 0 Å². The van der Waals surface area contributed by atoms with Gasteiger partial charge in [0.1, 0.15) is 0 Å². The summed E-state index contributed by atoms with van der Waals surface area (Å²) in [7, 11) is -4.03. The van der Waals surface area contributed by atoms with Crippen molar-refractivity contribution in [1.29, 1.82) is 0 Å². The van der Waals surface area contributed by atoms with E-state index in [4.69, 9.17) is 10.2 Å². The number of fused-ring (bicyclic) bond motifs is 1. The Labute approximate surface area is 148 Å². The highest BCUT2D eigenvalue weighted by molar-refractivity contribution is 7.92. The summed E-state index contributed by atoms with van der Waals surface area (Å²) in [6.45, 7) is 0. The average Bonchev–Trinajstić information content (AvgIpc) is 2.60. The Morgan fingerprint density at radius 3 is 1.92 bits per heavy atom. The van der Waals surface area contributed by atoms with Crippen LogP contribution in [0.15, 0.2) is 65.6 Å². The molecule has 0 saturated carbocycles. The Morgan fingerprint density at radius 2 is 1.35 bits per heavy atom. The third kappa shape index (κ3) is 3.50. The maximum Gasteiger partial charge on any atom is 0.335 e. The molecular formula is C18H13NO6S. The normalized spacial score (nSPS) is 11.2. The molecule has 0 unspecified atom stereocenters. The Bertz CT molecular complexity index is 1110. The van der Waals surface area contributed by atoms with Crippen LogP contribution in [0.1, 0.15) is 20.7 Å². The SMILES string of the molecule is O=C(O)c1cc(NS(=O)(=O)c2ccc3ccccc3c2)cc(C(=O)O)c1. The largest absolute Gasteiger partial charge is 0.478 e. The summed E-state index contributed by atoms with van der Waals surface area (Å²) >= 11 is 0. The van der Waals surface area contributed by atoms with Gasteiger partial charge in [-0.05, 0) is 41.1 Å². The molecule has 7 nitrogen and oxygen atoms in total. The van der Waals surface area contributed by atoms with Crippen molar-refractivity contribution in [2.45, 2.75) is 4.90 Å². The van der Waals surface area contributed by atoms with E-state index in [0.29, 0.717) is 0 Å². The highest BCUT2D eigenvalue weighted by atomic mass is 32.2. The smallest absolute Gasteiger partial charge is 0.335 e. The summed E-state index contributed by atoms with van der Waals surface area (Å²) in [5.41, 5.74) is -0.808. The molecule has 0 atom stereocenters. The first-order valence-electron chi connectivity index (χ1n) is 7.39. The first kappa shape index (κ1) is 17.4. The minimum atomic E-state index is -4.03. The quantitative estimate of drug-likeness (QED) is 0.634. The molecule has 3 aromatic carbocycles. The molecule has 132 valence electrons. The highest BCUT2D eigenvalue weighted by Gasteiger charge is 2.18. The summed E-state index contributed by atoms with van der Waals surface area (Å²) in [5, 5.41) is 19.7. The van der Waals surface area contributed by atoms with Crippen LogP contribution in [0.5, 0.6) is 0 Å². The number of carboxylic acids is 2. The van der Waals surface area contributed by atoms with Gasteiger partial charge in [0.15, 0.2) is 0 Å². The molecule has 0 aliphatic heterocycles. The molecule has 0 aromatic heterocycles. The van der Waals surface area contributed by atoms with E-state index in [2.05, 4.69) is 4.72 Å². The van der Waals surface area contributed by atoms with Gasteiger partial charge >= 0.3 is 11.9 Å². The summed E-state index contributed by atoms with van der Waals surface area (Å²) < 4.78 is 27.4. The lowest BCUT2D eigenvalue weighted by atomic mass is 10.1. The number of aromatic carboxylic acids is 2. The summed E-state index contributed by atoms with van der Waals surface area (Å²) in [4.78, 5) is 22.3. The Balaban J connectivity index is 2.03.